The highest BCUT2D eigenvalue weighted by Gasteiger charge is 2.27. The number of likely N-dealkylation sites (tertiary alicyclic amines) is 1. The van der Waals surface area contributed by atoms with Crippen molar-refractivity contribution < 1.29 is 14.7 Å². The van der Waals surface area contributed by atoms with Crippen molar-refractivity contribution in [3.63, 3.8) is 0 Å². The zero-order valence-electron chi connectivity index (χ0n) is 15.1. The molecule has 2 aromatic heterocycles. The van der Waals surface area contributed by atoms with Crippen LogP contribution in [0.3, 0.4) is 0 Å². The van der Waals surface area contributed by atoms with Crippen LogP contribution in [0.4, 0.5) is 0 Å². The van der Waals surface area contributed by atoms with Crippen LogP contribution in [0, 0.1) is 6.92 Å². The molecule has 0 bridgehead atoms. The van der Waals surface area contributed by atoms with Gasteiger partial charge in [0, 0.05) is 35.9 Å². The molecule has 0 radical (unpaired) electrons. The third kappa shape index (κ3) is 3.18. The second kappa shape index (κ2) is 6.87. The van der Waals surface area contributed by atoms with E-state index in [1.54, 1.807) is 0 Å². The van der Waals surface area contributed by atoms with Gasteiger partial charge in [0.25, 0.3) is 5.91 Å². The molecule has 0 atom stereocenters. The van der Waals surface area contributed by atoms with E-state index < -0.39 is 5.97 Å². The Labute approximate surface area is 156 Å². The number of aromatic nitrogens is 2. The molecule has 6 nitrogen and oxygen atoms in total. The predicted octanol–water partition coefficient (Wildman–Crippen LogP) is 3.59. The molecule has 27 heavy (non-hydrogen) atoms. The van der Waals surface area contributed by atoms with Gasteiger partial charge in [0.1, 0.15) is 5.69 Å². The Kier molecular flexibility index (Phi) is 4.39. The third-order valence-corrected chi connectivity index (χ3v) is 5.36. The molecule has 0 saturated carbocycles. The number of carboxylic acids is 1. The average molecular weight is 363 g/mol. The lowest BCUT2D eigenvalue weighted by atomic mass is 9.87. The molecular weight excluding hydrogens is 342 g/mol. The quantitative estimate of drug-likeness (QED) is 0.744. The van der Waals surface area contributed by atoms with Crippen LogP contribution in [0.2, 0.25) is 0 Å². The number of pyridine rings is 1. The minimum atomic E-state index is -1.09. The summed E-state index contributed by atoms with van der Waals surface area (Å²) < 4.78 is 0. The Bertz CT molecular complexity index is 999. The molecule has 138 valence electrons. The highest BCUT2D eigenvalue weighted by molar-refractivity contribution is 5.95. The maximum atomic E-state index is 12.7. The van der Waals surface area contributed by atoms with Crippen molar-refractivity contribution in [2.45, 2.75) is 25.7 Å². The number of nitrogens with one attached hydrogen (secondary N) is 1. The van der Waals surface area contributed by atoms with Gasteiger partial charge in [0.15, 0.2) is 0 Å². The van der Waals surface area contributed by atoms with Crippen molar-refractivity contribution in [2.75, 3.05) is 13.1 Å². The molecule has 1 aromatic carbocycles. The van der Waals surface area contributed by atoms with E-state index in [1.807, 2.05) is 11.0 Å². The number of para-hydroxylation sites is 1. The summed E-state index contributed by atoms with van der Waals surface area (Å²) >= 11 is 0. The first-order chi connectivity index (χ1) is 13.0. The van der Waals surface area contributed by atoms with Gasteiger partial charge in [0.2, 0.25) is 0 Å². The first-order valence-electron chi connectivity index (χ1n) is 9.10. The van der Waals surface area contributed by atoms with Crippen molar-refractivity contribution in [3.8, 4) is 0 Å². The Morgan fingerprint density at radius 1 is 1.15 bits per heavy atom. The molecule has 3 aromatic rings. The molecular formula is C21H21N3O3. The van der Waals surface area contributed by atoms with Crippen molar-refractivity contribution in [1.82, 2.24) is 14.9 Å². The summed E-state index contributed by atoms with van der Waals surface area (Å²) in [7, 11) is 0. The van der Waals surface area contributed by atoms with Gasteiger partial charge in [-0.3, -0.25) is 4.79 Å². The molecule has 0 unspecified atom stereocenters. The van der Waals surface area contributed by atoms with Crippen molar-refractivity contribution in [2.24, 2.45) is 0 Å². The number of aromatic amines is 1. The summed E-state index contributed by atoms with van der Waals surface area (Å²) in [5.74, 6) is -0.754. The molecule has 0 spiro atoms. The van der Waals surface area contributed by atoms with Gasteiger partial charge in [-0.25, -0.2) is 9.78 Å². The molecule has 1 aliphatic heterocycles. The van der Waals surface area contributed by atoms with Gasteiger partial charge in [-0.2, -0.15) is 0 Å². The molecule has 1 aliphatic rings. The monoisotopic (exact) mass is 363 g/mol. The van der Waals surface area contributed by atoms with Crippen LogP contribution < -0.4 is 0 Å². The summed E-state index contributed by atoms with van der Waals surface area (Å²) in [5.41, 5.74) is 4.11. The minimum Gasteiger partial charge on any atom is -0.477 e. The summed E-state index contributed by atoms with van der Waals surface area (Å²) in [4.78, 5) is 32.7. The number of carboxylic acid groups (broad SMARTS) is 1. The van der Waals surface area contributed by atoms with Crippen LogP contribution in [0.1, 0.15) is 50.9 Å². The van der Waals surface area contributed by atoms with E-state index in [2.05, 4.69) is 35.1 Å². The maximum Gasteiger partial charge on any atom is 0.354 e. The number of carbonyl (C=O) groups excluding carboxylic acids is 1. The average Bonchev–Trinajstić information content (AvgIpc) is 3.03. The fourth-order valence-electron chi connectivity index (χ4n) is 4.03. The molecule has 0 aliphatic carbocycles. The fourth-order valence-corrected chi connectivity index (χ4v) is 4.03. The van der Waals surface area contributed by atoms with E-state index in [1.165, 1.54) is 35.0 Å². The van der Waals surface area contributed by atoms with Crippen LogP contribution in [0.15, 0.2) is 42.6 Å². The van der Waals surface area contributed by atoms with Gasteiger partial charge in [0.05, 0.1) is 5.56 Å². The van der Waals surface area contributed by atoms with Gasteiger partial charge in [-0.05, 0) is 49.4 Å². The Morgan fingerprint density at radius 3 is 2.56 bits per heavy atom. The second-order valence-electron chi connectivity index (χ2n) is 7.01. The first-order valence-corrected chi connectivity index (χ1v) is 9.10. The molecule has 6 heteroatoms. The van der Waals surface area contributed by atoms with Crippen molar-refractivity contribution in [3.05, 3.63) is 65.1 Å². The first kappa shape index (κ1) is 17.3. The normalized spacial score (nSPS) is 15.2. The number of aromatic carboxylic acids is 1. The molecule has 3 heterocycles. The molecule has 1 amide bonds. The second-order valence-corrected chi connectivity index (χ2v) is 7.01. The van der Waals surface area contributed by atoms with Crippen molar-refractivity contribution >= 4 is 22.8 Å². The number of nitrogens with zero attached hydrogens (tertiary/aromatic N) is 2. The number of carbonyl (C=O) groups is 2. The molecule has 1 fully saturated rings. The van der Waals surface area contributed by atoms with E-state index in [0.717, 1.165) is 18.4 Å². The lowest BCUT2D eigenvalue weighted by molar-refractivity contribution is 0.0682. The van der Waals surface area contributed by atoms with Crippen LogP contribution in [0.25, 0.3) is 10.9 Å². The Hall–Kier alpha value is -3.15. The lowest BCUT2D eigenvalue weighted by Gasteiger charge is -2.32. The van der Waals surface area contributed by atoms with Crippen LogP contribution in [0.5, 0.6) is 0 Å². The number of aryl methyl sites for hydroxylation is 1. The zero-order valence-corrected chi connectivity index (χ0v) is 15.1. The molecule has 2 N–H and O–H groups in total. The summed E-state index contributed by atoms with van der Waals surface area (Å²) in [6.07, 6.45) is 3.17. The number of amides is 1. The van der Waals surface area contributed by atoms with E-state index >= 15 is 0 Å². The van der Waals surface area contributed by atoms with Crippen LogP contribution in [-0.4, -0.2) is 44.9 Å². The van der Waals surface area contributed by atoms with Gasteiger partial charge in [-0.1, -0.05) is 18.2 Å². The number of rotatable bonds is 3. The van der Waals surface area contributed by atoms with Gasteiger partial charge >= 0.3 is 5.97 Å². The maximum absolute atomic E-state index is 12.7. The van der Waals surface area contributed by atoms with E-state index in [0.29, 0.717) is 24.6 Å². The SMILES string of the molecule is Cc1[nH]c2ccccc2c1C1CCN(C(=O)c2ccc(C(=O)O)nc2)CC1. The topological polar surface area (TPSA) is 86.3 Å². The van der Waals surface area contributed by atoms with Crippen LogP contribution >= 0.6 is 0 Å². The highest BCUT2D eigenvalue weighted by Crippen LogP contribution is 2.35. The summed E-state index contributed by atoms with van der Waals surface area (Å²) in [5, 5.41) is 10.2. The van der Waals surface area contributed by atoms with Gasteiger partial charge in [-0.15, -0.1) is 0 Å². The molecule has 4 rings (SSSR count). The zero-order chi connectivity index (χ0) is 19.0. The third-order valence-electron chi connectivity index (χ3n) is 5.36. The number of hydrogen-bond donors (Lipinski definition) is 2. The predicted molar refractivity (Wildman–Crippen MR) is 102 cm³/mol. The van der Waals surface area contributed by atoms with Crippen molar-refractivity contribution in [1.29, 1.82) is 0 Å². The standard InChI is InChI=1S/C21H21N3O3/c1-13-19(16-4-2-3-5-17(16)23-13)14-8-10-24(11-9-14)20(25)15-6-7-18(21(26)27)22-12-15/h2-7,12,14,23H,8-11H2,1H3,(H,26,27). The van der Waals surface area contributed by atoms with Crippen LogP contribution in [-0.2, 0) is 0 Å². The Morgan fingerprint density at radius 2 is 1.89 bits per heavy atom. The van der Waals surface area contributed by atoms with Gasteiger partial charge < -0.3 is 15.0 Å². The fraction of sp³-hybridized carbons (Fsp3) is 0.286. The highest BCUT2D eigenvalue weighted by atomic mass is 16.4. The summed E-state index contributed by atoms with van der Waals surface area (Å²) in [6, 6.07) is 11.3. The smallest absolute Gasteiger partial charge is 0.354 e. The number of benzene rings is 1. The Balaban J connectivity index is 1.47. The number of H-pyrrole nitrogens is 1. The van der Waals surface area contributed by atoms with E-state index in [9.17, 15) is 9.59 Å². The number of fused-ring (bicyclic) bond motifs is 1. The minimum absolute atomic E-state index is 0.0555. The largest absolute Gasteiger partial charge is 0.477 e. The van der Waals surface area contributed by atoms with E-state index in [4.69, 9.17) is 5.11 Å². The van der Waals surface area contributed by atoms with E-state index in [-0.39, 0.29) is 11.6 Å². The summed E-state index contributed by atoms with van der Waals surface area (Å²) in [6.45, 7) is 3.48. The number of piperidine rings is 1. The number of hydrogen-bond acceptors (Lipinski definition) is 3. The lowest BCUT2D eigenvalue weighted by Crippen LogP contribution is -2.38. The molecule has 1 saturated heterocycles.